The fraction of sp³-hybridized carbons (Fsp3) is 0.500. The van der Waals surface area contributed by atoms with Crippen LogP contribution in [-0.2, 0) is 16.1 Å². The van der Waals surface area contributed by atoms with E-state index in [0.717, 1.165) is 37.8 Å². The van der Waals surface area contributed by atoms with E-state index < -0.39 is 0 Å². The Morgan fingerprint density at radius 2 is 2.15 bits per heavy atom. The molecular formula is C16H20N2O2. The molecule has 1 fully saturated rings. The highest BCUT2D eigenvalue weighted by Gasteiger charge is 2.26. The lowest BCUT2D eigenvalue weighted by molar-refractivity contribution is -0.146. The quantitative estimate of drug-likeness (QED) is 0.855. The number of methoxy groups -OCH3 is 1. The maximum atomic E-state index is 11.5. The van der Waals surface area contributed by atoms with E-state index >= 15 is 0 Å². The van der Waals surface area contributed by atoms with Crippen molar-refractivity contribution in [3.05, 3.63) is 35.4 Å². The number of benzene rings is 1. The molecule has 0 heterocycles. The number of nitrogens with one attached hydrogen (secondary N) is 1. The molecule has 0 aliphatic heterocycles. The van der Waals surface area contributed by atoms with Gasteiger partial charge in [-0.25, -0.2) is 0 Å². The smallest absolute Gasteiger partial charge is 0.308 e. The Morgan fingerprint density at radius 1 is 1.40 bits per heavy atom. The molecule has 4 nitrogen and oxygen atoms in total. The van der Waals surface area contributed by atoms with Gasteiger partial charge in [0.05, 0.1) is 24.7 Å². The number of hydrogen-bond donors (Lipinski definition) is 1. The molecule has 1 saturated carbocycles. The second kappa shape index (κ2) is 7.06. The van der Waals surface area contributed by atoms with Crippen molar-refractivity contribution in [2.75, 3.05) is 7.11 Å². The Kier molecular flexibility index (Phi) is 5.14. The van der Waals surface area contributed by atoms with Gasteiger partial charge < -0.3 is 10.1 Å². The summed E-state index contributed by atoms with van der Waals surface area (Å²) in [5.74, 6) is -0.00913. The van der Waals surface area contributed by atoms with Crippen molar-refractivity contribution >= 4 is 5.97 Å². The van der Waals surface area contributed by atoms with Gasteiger partial charge in [0, 0.05) is 12.6 Å². The molecule has 1 aromatic rings. The number of nitrogens with zero attached hydrogens (tertiary/aromatic N) is 1. The van der Waals surface area contributed by atoms with E-state index in [1.165, 1.54) is 7.11 Å². The zero-order chi connectivity index (χ0) is 14.4. The van der Waals surface area contributed by atoms with Gasteiger partial charge in [-0.15, -0.1) is 0 Å². The summed E-state index contributed by atoms with van der Waals surface area (Å²) in [6, 6.07) is 10.2. The average molecular weight is 272 g/mol. The van der Waals surface area contributed by atoms with Crippen molar-refractivity contribution in [2.24, 2.45) is 5.92 Å². The van der Waals surface area contributed by atoms with Crippen LogP contribution in [0.5, 0.6) is 0 Å². The molecule has 4 heteroatoms. The fourth-order valence-corrected chi connectivity index (χ4v) is 2.71. The molecule has 0 saturated heterocycles. The molecule has 0 amide bonds. The lowest BCUT2D eigenvalue weighted by Crippen LogP contribution is -2.34. The predicted molar refractivity (Wildman–Crippen MR) is 75.8 cm³/mol. The van der Waals surface area contributed by atoms with Gasteiger partial charge in [0.2, 0.25) is 0 Å². The largest absolute Gasteiger partial charge is 0.469 e. The molecule has 1 aliphatic carbocycles. The van der Waals surface area contributed by atoms with Crippen LogP contribution in [0.3, 0.4) is 0 Å². The molecule has 20 heavy (non-hydrogen) atoms. The van der Waals surface area contributed by atoms with Crippen LogP contribution in [0.1, 0.15) is 36.8 Å². The highest BCUT2D eigenvalue weighted by atomic mass is 16.5. The lowest BCUT2D eigenvalue weighted by Gasteiger charge is -2.27. The molecule has 0 spiro atoms. The van der Waals surface area contributed by atoms with E-state index in [-0.39, 0.29) is 11.9 Å². The van der Waals surface area contributed by atoms with Crippen molar-refractivity contribution in [1.82, 2.24) is 5.32 Å². The first-order valence-electron chi connectivity index (χ1n) is 7.03. The van der Waals surface area contributed by atoms with Gasteiger partial charge in [-0.05, 0) is 43.4 Å². The molecular weight excluding hydrogens is 252 g/mol. The third kappa shape index (κ3) is 3.82. The summed E-state index contributed by atoms with van der Waals surface area (Å²) >= 11 is 0. The first-order valence-corrected chi connectivity index (χ1v) is 7.03. The number of carbonyl (C=O) groups excluding carboxylic acids is 1. The van der Waals surface area contributed by atoms with Crippen LogP contribution >= 0.6 is 0 Å². The van der Waals surface area contributed by atoms with Crippen LogP contribution in [0, 0.1) is 17.2 Å². The standard InChI is InChI=1S/C16H20N2O2/c1-20-16(19)14-5-7-15(8-6-14)18-11-13-4-2-3-12(9-13)10-17/h2-4,9,14-15,18H,5-8,11H2,1H3. The number of rotatable bonds is 4. The number of nitriles is 1. The van der Waals surface area contributed by atoms with Gasteiger partial charge in [-0.2, -0.15) is 5.26 Å². The molecule has 1 aromatic carbocycles. The second-order valence-corrected chi connectivity index (χ2v) is 5.26. The number of esters is 1. The molecule has 0 aromatic heterocycles. The van der Waals surface area contributed by atoms with E-state index in [2.05, 4.69) is 11.4 Å². The van der Waals surface area contributed by atoms with Crippen molar-refractivity contribution in [2.45, 2.75) is 38.3 Å². The minimum atomic E-state index is -0.0785. The number of ether oxygens (including phenoxy) is 1. The van der Waals surface area contributed by atoms with Crippen LogP contribution in [-0.4, -0.2) is 19.1 Å². The maximum Gasteiger partial charge on any atom is 0.308 e. The summed E-state index contributed by atoms with van der Waals surface area (Å²) in [6.45, 7) is 0.767. The summed E-state index contributed by atoms with van der Waals surface area (Å²) in [6.07, 6.45) is 3.78. The van der Waals surface area contributed by atoms with Crippen molar-refractivity contribution < 1.29 is 9.53 Å². The van der Waals surface area contributed by atoms with Crippen molar-refractivity contribution in [3.8, 4) is 6.07 Å². The molecule has 0 radical (unpaired) electrons. The monoisotopic (exact) mass is 272 g/mol. The van der Waals surface area contributed by atoms with Crippen molar-refractivity contribution in [3.63, 3.8) is 0 Å². The highest BCUT2D eigenvalue weighted by Crippen LogP contribution is 2.25. The Bertz CT molecular complexity index is 499. The summed E-state index contributed by atoms with van der Waals surface area (Å²) in [5, 5.41) is 12.4. The third-order valence-corrected chi connectivity index (χ3v) is 3.91. The Morgan fingerprint density at radius 3 is 2.80 bits per heavy atom. The zero-order valence-electron chi connectivity index (χ0n) is 11.8. The number of hydrogen-bond acceptors (Lipinski definition) is 4. The van der Waals surface area contributed by atoms with Crippen LogP contribution in [0.4, 0.5) is 0 Å². The number of carbonyl (C=O) groups is 1. The summed E-state index contributed by atoms with van der Waals surface area (Å²) in [4.78, 5) is 11.5. The second-order valence-electron chi connectivity index (χ2n) is 5.26. The first-order chi connectivity index (χ1) is 9.72. The first kappa shape index (κ1) is 14.5. The maximum absolute atomic E-state index is 11.5. The van der Waals surface area contributed by atoms with Crippen LogP contribution < -0.4 is 5.32 Å². The van der Waals surface area contributed by atoms with Gasteiger partial charge in [-0.3, -0.25) is 4.79 Å². The average Bonchev–Trinajstić information content (AvgIpc) is 2.53. The van der Waals surface area contributed by atoms with E-state index in [1.807, 2.05) is 24.3 Å². The Hall–Kier alpha value is -1.86. The molecule has 0 atom stereocenters. The van der Waals surface area contributed by atoms with Gasteiger partial charge in [0.15, 0.2) is 0 Å². The SMILES string of the molecule is COC(=O)C1CCC(NCc2cccc(C#N)c2)CC1. The Labute approximate surface area is 119 Å². The lowest BCUT2D eigenvalue weighted by atomic mass is 9.86. The van der Waals surface area contributed by atoms with Crippen LogP contribution in [0.2, 0.25) is 0 Å². The van der Waals surface area contributed by atoms with Gasteiger partial charge >= 0.3 is 5.97 Å². The molecule has 0 unspecified atom stereocenters. The van der Waals surface area contributed by atoms with Crippen LogP contribution in [0.15, 0.2) is 24.3 Å². The van der Waals surface area contributed by atoms with Crippen molar-refractivity contribution in [1.29, 1.82) is 5.26 Å². The molecule has 0 bridgehead atoms. The van der Waals surface area contributed by atoms with Crippen LogP contribution in [0.25, 0.3) is 0 Å². The normalized spacial score (nSPS) is 22.0. The van der Waals surface area contributed by atoms with Gasteiger partial charge in [0.25, 0.3) is 0 Å². The zero-order valence-corrected chi connectivity index (χ0v) is 11.8. The van der Waals surface area contributed by atoms with E-state index in [9.17, 15) is 4.79 Å². The molecule has 1 aliphatic rings. The highest BCUT2D eigenvalue weighted by molar-refractivity contribution is 5.72. The Balaban J connectivity index is 1.79. The minimum absolute atomic E-state index is 0.0694. The summed E-state index contributed by atoms with van der Waals surface area (Å²) in [7, 11) is 1.45. The van der Waals surface area contributed by atoms with E-state index in [4.69, 9.17) is 10.00 Å². The van der Waals surface area contributed by atoms with E-state index in [0.29, 0.717) is 11.6 Å². The van der Waals surface area contributed by atoms with Gasteiger partial charge in [0.1, 0.15) is 0 Å². The topological polar surface area (TPSA) is 62.1 Å². The summed E-state index contributed by atoms with van der Waals surface area (Å²) in [5.41, 5.74) is 1.82. The third-order valence-electron chi connectivity index (χ3n) is 3.91. The van der Waals surface area contributed by atoms with Gasteiger partial charge in [-0.1, -0.05) is 12.1 Å². The predicted octanol–water partition coefficient (Wildman–Crippen LogP) is 2.38. The summed E-state index contributed by atoms with van der Waals surface area (Å²) < 4.78 is 4.79. The molecule has 1 N–H and O–H groups in total. The fourth-order valence-electron chi connectivity index (χ4n) is 2.71. The van der Waals surface area contributed by atoms with E-state index in [1.54, 1.807) is 0 Å². The molecule has 106 valence electrons. The minimum Gasteiger partial charge on any atom is -0.469 e. The molecule has 2 rings (SSSR count).